The molecule has 1 fully saturated rings. The molecule has 0 bridgehead atoms. The van der Waals surface area contributed by atoms with Crippen LogP contribution in [0.15, 0.2) is 41.5 Å². The molecule has 142 valence electrons. The third kappa shape index (κ3) is 3.06. The Balaban J connectivity index is 1.32. The van der Waals surface area contributed by atoms with Crippen LogP contribution in [0.5, 0.6) is 0 Å². The van der Waals surface area contributed by atoms with Gasteiger partial charge in [0.1, 0.15) is 11.6 Å². The van der Waals surface area contributed by atoms with Crippen molar-refractivity contribution in [2.24, 2.45) is 5.92 Å². The van der Waals surface area contributed by atoms with Crippen molar-refractivity contribution in [3.63, 3.8) is 0 Å². The highest BCUT2D eigenvalue weighted by Gasteiger charge is 2.32. The molecule has 28 heavy (non-hydrogen) atoms. The van der Waals surface area contributed by atoms with E-state index >= 15 is 0 Å². The summed E-state index contributed by atoms with van der Waals surface area (Å²) in [5.41, 5.74) is 4.16. The third-order valence-electron chi connectivity index (χ3n) is 5.53. The minimum Gasteiger partial charge on any atom is -0.355 e. The smallest absolute Gasteiger partial charge is 0.266 e. The first-order valence-electron chi connectivity index (χ1n) is 9.77. The van der Waals surface area contributed by atoms with Crippen LogP contribution in [-0.4, -0.2) is 37.8 Å². The molecule has 0 unspecified atom stereocenters. The molecule has 0 atom stereocenters. The van der Waals surface area contributed by atoms with Gasteiger partial charge in [0.05, 0.1) is 12.2 Å². The molecule has 1 aliphatic heterocycles. The molecule has 2 aliphatic rings. The lowest BCUT2D eigenvalue weighted by molar-refractivity contribution is 0.333. The summed E-state index contributed by atoms with van der Waals surface area (Å²) < 4.78 is 1.58. The number of hydrogen-bond donors (Lipinski definition) is 0. The number of anilines is 1. The van der Waals surface area contributed by atoms with E-state index in [0.29, 0.717) is 12.5 Å². The van der Waals surface area contributed by atoms with Crippen LogP contribution in [0.1, 0.15) is 23.5 Å². The Morgan fingerprint density at radius 1 is 1.14 bits per heavy atom. The van der Waals surface area contributed by atoms with Gasteiger partial charge in [0, 0.05) is 54.3 Å². The van der Waals surface area contributed by atoms with Gasteiger partial charge in [-0.1, -0.05) is 0 Å². The lowest BCUT2D eigenvalue weighted by Crippen LogP contribution is -2.50. The van der Waals surface area contributed by atoms with Crippen LogP contribution in [-0.2, 0) is 19.4 Å². The summed E-state index contributed by atoms with van der Waals surface area (Å²) >= 11 is 0. The average Bonchev–Trinajstić information content (AvgIpc) is 3.14. The minimum atomic E-state index is -0.0649. The topological polar surface area (TPSA) is 76.8 Å². The highest BCUT2D eigenvalue weighted by molar-refractivity contribution is 5.56. The second-order valence-electron chi connectivity index (χ2n) is 7.62. The van der Waals surface area contributed by atoms with Gasteiger partial charge in [0.15, 0.2) is 0 Å². The van der Waals surface area contributed by atoms with Gasteiger partial charge in [-0.2, -0.15) is 5.10 Å². The first-order chi connectivity index (χ1) is 13.7. The lowest BCUT2D eigenvalue weighted by Gasteiger charge is -2.41. The maximum atomic E-state index is 12.3. The molecule has 1 aliphatic carbocycles. The fourth-order valence-electron chi connectivity index (χ4n) is 4.15. The molecule has 0 radical (unpaired) electrons. The monoisotopic (exact) mass is 374 g/mol. The van der Waals surface area contributed by atoms with E-state index in [-0.39, 0.29) is 5.56 Å². The predicted octanol–water partition coefficient (Wildman–Crippen LogP) is 2.03. The van der Waals surface area contributed by atoms with Crippen LogP contribution in [0.3, 0.4) is 0 Å². The summed E-state index contributed by atoms with van der Waals surface area (Å²) in [6, 6.07) is 7.17. The number of pyridine rings is 1. The fourth-order valence-corrected chi connectivity index (χ4v) is 4.15. The van der Waals surface area contributed by atoms with Crippen molar-refractivity contribution in [2.75, 3.05) is 18.0 Å². The van der Waals surface area contributed by atoms with E-state index in [2.05, 4.69) is 20.0 Å². The highest BCUT2D eigenvalue weighted by Crippen LogP contribution is 2.32. The summed E-state index contributed by atoms with van der Waals surface area (Å²) in [4.78, 5) is 28.0. The zero-order valence-electron chi connectivity index (χ0n) is 15.9. The van der Waals surface area contributed by atoms with Crippen molar-refractivity contribution in [3.8, 4) is 11.3 Å². The number of nitrogens with zero attached hydrogens (tertiary/aromatic N) is 6. The zero-order valence-corrected chi connectivity index (χ0v) is 15.9. The molecular formula is C21H22N6O. The Bertz CT molecular complexity index is 1070. The van der Waals surface area contributed by atoms with Crippen LogP contribution in [0.4, 0.5) is 5.82 Å². The van der Waals surface area contributed by atoms with Gasteiger partial charge in [-0.25, -0.2) is 14.6 Å². The molecule has 3 aromatic heterocycles. The minimum absolute atomic E-state index is 0.0649. The fraction of sp³-hybridized carbons (Fsp3) is 0.381. The van der Waals surface area contributed by atoms with E-state index in [1.807, 2.05) is 19.1 Å². The highest BCUT2D eigenvalue weighted by atomic mass is 16.1. The number of aryl methyl sites for hydroxylation is 2. The predicted molar refractivity (Wildman–Crippen MR) is 106 cm³/mol. The second kappa shape index (κ2) is 6.82. The Kier molecular flexibility index (Phi) is 4.15. The first kappa shape index (κ1) is 17.0. The Morgan fingerprint density at radius 3 is 2.86 bits per heavy atom. The van der Waals surface area contributed by atoms with Crippen molar-refractivity contribution >= 4 is 5.82 Å². The SMILES string of the molecule is Cc1nc2c(c(N3CC(Cn4nc(-c5cccnc5)ccc4=O)C3)n1)CCC2. The lowest BCUT2D eigenvalue weighted by atomic mass is 9.99. The molecule has 5 rings (SSSR count). The normalized spacial score (nSPS) is 16.1. The van der Waals surface area contributed by atoms with E-state index in [0.717, 1.165) is 55.3 Å². The third-order valence-corrected chi connectivity index (χ3v) is 5.53. The van der Waals surface area contributed by atoms with Gasteiger partial charge >= 0.3 is 0 Å². The van der Waals surface area contributed by atoms with Gasteiger partial charge < -0.3 is 4.90 Å². The summed E-state index contributed by atoms with van der Waals surface area (Å²) in [5.74, 6) is 2.34. The van der Waals surface area contributed by atoms with Crippen molar-refractivity contribution in [2.45, 2.75) is 32.7 Å². The van der Waals surface area contributed by atoms with Crippen molar-refractivity contribution in [1.29, 1.82) is 0 Å². The molecule has 0 spiro atoms. The molecule has 3 aromatic rings. The van der Waals surface area contributed by atoms with Crippen LogP contribution in [0, 0.1) is 12.8 Å². The number of hydrogen-bond acceptors (Lipinski definition) is 6. The standard InChI is InChI=1S/C21H22N6O/c1-14-23-19-6-2-5-17(19)21(24-14)26-11-15(12-26)13-27-20(28)8-7-18(25-27)16-4-3-9-22-10-16/h3-4,7-10,15H,2,5-6,11-13H2,1H3. The van der Waals surface area contributed by atoms with Crippen LogP contribution >= 0.6 is 0 Å². The van der Waals surface area contributed by atoms with E-state index in [1.165, 1.54) is 11.3 Å². The summed E-state index contributed by atoms with van der Waals surface area (Å²) in [6.07, 6.45) is 6.79. The van der Waals surface area contributed by atoms with Crippen molar-refractivity contribution in [3.05, 3.63) is 64.1 Å². The molecular weight excluding hydrogens is 352 g/mol. The molecule has 0 saturated carbocycles. The van der Waals surface area contributed by atoms with E-state index in [9.17, 15) is 4.79 Å². The van der Waals surface area contributed by atoms with Gasteiger partial charge in [-0.3, -0.25) is 9.78 Å². The summed E-state index contributed by atoms with van der Waals surface area (Å²) in [6.45, 7) is 4.38. The van der Waals surface area contributed by atoms with E-state index in [1.54, 1.807) is 29.2 Å². The van der Waals surface area contributed by atoms with Gasteiger partial charge in [0.2, 0.25) is 0 Å². The quantitative estimate of drug-likeness (QED) is 0.695. The molecule has 7 nitrogen and oxygen atoms in total. The Morgan fingerprint density at radius 2 is 2.04 bits per heavy atom. The van der Waals surface area contributed by atoms with Crippen LogP contribution in [0.2, 0.25) is 0 Å². The average molecular weight is 374 g/mol. The van der Waals surface area contributed by atoms with Crippen LogP contribution < -0.4 is 10.5 Å². The van der Waals surface area contributed by atoms with Crippen molar-refractivity contribution < 1.29 is 0 Å². The number of rotatable bonds is 4. The number of fused-ring (bicyclic) bond motifs is 1. The van der Waals surface area contributed by atoms with Crippen molar-refractivity contribution in [1.82, 2.24) is 24.7 Å². The second-order valence-corrected chi connectivity index (χ2v) is 7.62. The maximum Gasteiger partial charge on any atom is 0.266 e. The van der Waals surface area contributed by atoms with Gasteiger partial charge in [-0.05, 0) is 44.4 Å². The molecule has 1 saturated heterocycles. The number of aromatic nitrogens is 5. The zero-order chi connectivity index (χ0) is 19.1. The Hall–Kier alpha value is -3.09. The molecule has 0 amide bonds. The van der Waals surface area contributed by atoms with Gasteiger partial charge in [0.25, 0.3) is 5.56 Å². The largest absolute Gasteiger partial charge is 0.355 e. The van der Waals surface area contributed by atoms with Crippen LogP contribution in [0.25, 0.3) is 11.3 Å². The molecule has 0 N–H and O–H groups in total. The molecule has 7 heteroatoms. The molecule has 0 aromatic carbocycles. The molecule has 4 heterocycles. The first-order valence-corrected chi connectivity index (χ1v) is 9.77. The van der Waals surface area contributed by atoms with E-state index < -0.39 is 0 Å². The summed E-state index contributed by atoms with van der Waals surface area (Å²) in [7, 11) is 0. The van der Waals surface area contributed by atoms with E-state index in [4.69, 9.17) is 4.98 Å². The summed E-state index contributed by atoms with van der Waals surface area (Å²) in [5, 5.41) is 4.55. The Labute approximate surface area is 163 Å². The van der Waals surface area contributed by atoms with Gasteiger partial charge in [-0.15, -0.1) is 0 Å². The maximum absolute atomic E-state index is 12.3.